The van der Waals surface area contributed by atoms with Crippen LogP contribution in [0, 0.1) is 0 Å². The van der Waals surface area contributed by atoms with Gasteiger partial charge in [0.2, 0.25) is 0 Å². The average molecular weight is 273 g/mol. The van der Waals surface area contributed by atoms with Crippen molar-refractivity contribution in [2.75, 3.05) is 0 Å². The Labute approximate surface area is 94.9 Å². The molecule has 0 N–H and O–H groups in total. The van der Waals surface area contributed by atoms with Crippen LogP contribution in [-0.2, 0) is 5.41 Å². The molecule has 0 fully saturated rings. The molecular weight excluding hydrogens is 261 g/mol. The summed E-state index contributed by atoms with van der Waals surface area (Å²) in [5.41, 5.74) is 1.45. The summed E-state index contributed by atoms with van der Waals surface area (Å²) in [5, 5.41) is 1.92. The number of fused-ring (bicyclic) bond motifs is 1. The van der Waals surface area contributed by atoms with Crippen molar-refractivity contribution in [1.82, 2.24) is 4.98 Å². The molecule has 0 spiro atoms. The van der Waals surface area contributed by atoms with Gasteiger partial charge < -0.3 is 0 Å². The van der Waals surface area contributed by atoms with E-state index >= 15 is 0 Å². The van der Waals surface area contributed by atoms with Crippen LogP contribution in [0.2, 0.25) is 5.15 Å². The summed E-state index contributed by atoms with van der Waals surface area (Å²) < 4.78 is 1.18. The van der Waals surface area contributed by atoms with E-state index in [-0.39, 0.29) is 5.41 Å². The van der Waals surface area contributed by atoms with Crippen molar-refractivity contribution < 1.29 is 0 Å². The Morgan fingerprint density at radius 1 is 1.36 bits per heavy atom. The first-order chi connectivity index (χ1) is 6.48. The Bertz CT molecular complexity index is 468. The van der Waals surface area contributed by atoms with Crippen molar-refractivity contribution in [1.29, 1.82) is 0 Å². The number of halogens is 1. The molecule has 0 amide bonds. The zero-order chi connectivity index (χ0) is 10.3. The Balaban J connectivity index is 2.80. The van der Waals surface area contributed by atoms with E-state index in [2.05, 4.69) is 36.8 Å². The van der Waals surface area contributed by atoms with Crippen molar-refractivity contribution in [2.24, 2.45) is 0 Å². The average Bonchev–Trinajstić information content (AvgIpc) is 2.47. The standard InChI is InChI=1S/C11H12ClNSe/c1-11(2,3)8-6-9(12)13-10-7(8)4-5-14-10/h4-6H,1-3H3. The van der Waals surface area contributed by atoms with Crippen molar-refractivity contribution in [3.63, 3.8) is 0 Å². The Morgan fingerprint density at radius 2 is 2.07 bits per heavy atom. The number of rotatable bonds is 0. The van der Waals surface area contributed by atoms with E-state index in [1.165, 1.54) is 15.3 Å². The molecule has 0 saturated carbocycles. The number of hydrogen-bond donors (Lipinski definition) is 0. The molecule has 2 heterocycles. The molecule has 74 valence electrons. The predicted octanol–water partition coefficient (Wildman–Crippen LogP) is 3.24. The van der Waals surface area contributed by atoms with Crippen LogP contribution in [0.4, 0.5) is 0 Å². The molecule has 0 unspecified atom stereocenters. The Morgan fingerprint density at radius 3 is 2.71 bits per heavy atom. The minimum absolute atomic E-state index is 0.140. The van der Waals surface area contributed by atoms with Crippen molar-refractivity contribution in [3.8, 4) is 0 Å². The van der Waals surface area contributed by atoms with Crippen LogP contribution in [0.3, 0.4) is 0 Å². The van der Waals surface area contributed by atoms with E-state index in [1.807, 2.05) is 6.07 Å². The molecule has 2 aromatic heterocycles. The summed E-state index contributed by atoms with van der Waals surface area (Å²) >= 11 is 6.38. The molecule has 1 nitrogen and oxygen atoms in total. The fourth-order valence-electron chi connectivity index (χ4n) is 1.54. The molecule has 3 heteroatoms. The second-order valence-electron chi connectivity index (χ2n) is 4.38. The zero-order valence-electron chi connectivity index (χ0n) is 8.47. The zero-order valence-corrected chi connectivity index (χ0v) is 10.9. The number of hydrogen-bond acceptors (Lipinski definition) is 1. The van der Waals surface area contributed by atoms with E-state index < -0.39 is 0 Å². The maximum absolute atomic E-state index is 6.01. The van der Waals surface area contributed by atoms with Gasteiger partial charge in [0.1, 0.15) is 0 Å². The van der Waals surface area contributed by atoms with E-state index in [0.717, 1.165) is 0 Å². The predicted molar refractivity (Wildman–Crippen MR) is 62.4 cm³/mol. The summed E-state index contributed by atoms with van der Waals surface area (Å²) in [7, 11) is 0. The molecule has 2 aromatic rings. The van der Waals surface area contributed by atoms with Crippen LogP contribution in [0.5, 0.6) is 0 Å². The van der Waals surface area contributed by atoms with Crippen LogP contribution in [-0.4, -0.2) is 19.5 Å². The van der Waals surface area contributed by atoms with Gasteiger partial charge in [0.25, 0.3) is 0 Å². The van der Waals surface area contributed by atoms with Crippen LogP contribution in [0.15, 0.2) is 17.1 Å². The van der Waals surface area contributed by atoms with Crippen molar-refractivity contribution >= 4 is 35.9 Å². The van der Waals surface area contributed by atoms with Gasteiger partial charge in [-0.3, -0.25) is 0 Å². The molecule has 0 aliphatic heterocycles. The van der Waals surface area contributed by atoms with Gasteiger partial charge in [0, 0.05) is 0 Å². The second kappa shape index (κ2) is 3.37. The molecule has 14 heavy (non-hydrogen) atoms. The summed E-state index contributed by atoms with van der Waals surface area (Å²) in [4.78, 5) is 6.56. The Kier molecular flexibility index (Phi) is 2.46. The van der Waals surface area contributed by atoms with Crippen molar-refractivity contribution in [2.45, 2.75) is 26.2 Å². The first kappa shape index (κ1) is 10.2. The third kappa shape index (κ3) is 1.75. The number of pyridine rings is 1. The van der Waals surface area contributed by atoms with Gasteiger partial charge in [-0.25, -0.2) is 0 Å². The third-order valence-corrected chi connectivity index (χ3v) is 4.10. The summed E-state index contributed by atoms with van der Waals surface area (Å²) in [5.74, 6) is 0. The third-order valence-electron chi connectivity index (χ3n) is 2.21. The fraction of sp³-hybridized carbons (Fsp3) is 0.364. The second-order valence-corrected chi connectivity index (χ2v) is 6.65. The van der Waals surface area contributed by atoms with Crippen molar-refractivity contribution in [3.05, 3.63) is 27.8 Å². The number of nitrogens with zero attached hydrogens (tertiary/aromatic N) is 1. The van der Waals surface area contributed by atoms with Gasteiger partial charge in [0.05, 0.1) is 0 Å². The molecule has 0 bridgehead atoms. The van der Waals surface area contributed by atoms with Crippen LogP contribution < -0.4 is 0 Å². The first-order valence-electron chi connectivity index (χ1n) is 4.53. The molecule has 0 aliphatic carbocycles. The normalized spacial score (nSPS) is 12.3. The van der Waals surface area contributed by atoms with Gasteiger partial charge in [-0.15, -0.1) is 0 Å². The molecule has 0 atom stereocenters. The van der Waals surface area contributed by atoms with Crippen LogP contribution in [0.25, 0.3) is 9.78 Å². The molecule has 0 aromatic carbocycles. The quantitative estimate of drug-likeness (QED) is 0.530. The van der Waals surface area contributed by atoms with Gasteiger partial charge in [0.15, 0.2) is 0 Å². The van der Waals surface area contributed by atoms with Crippen LogP contribution >= 0.6 is 11.6 Å². The molecular formula is C11H12ClNSe. The van der Waals surface area contributed by atoms with Gasteiger partial charge >= 0.3 is 94.8 Å². The Hall–Kier alpha value is -0.301. The van der Waals surface area contributed by atoms with E-state index in [0.29, 0.717) is 19.7 Å². The van der Waals surface area contributed by atoms with E-state index in [1.54, 1.807) is 0 Å². The summed E-state index contributed by atoms with van der Waals surface area (Å²) in [6, 6.07) is 4.17. The maximum atomic E-state index is 6.01. The topological polar surface area (TPSA) is 12.9 Å². The molecule has 0 radical (unpaired) electrons. The van der Waals surface area contributed by atoms with Gasteiger partial charge in [-0.2, -0.15) is 0 Å². The SMILES string of the molecule is CC(C)(C)c1cc(Cl)nc2[se]ccc12. The van der Waals surface area contributed by atoms with Crippen LogP contribution in [0.1, 0.15) is 26.3 Å². The number of aromatic nitrogens is 1. The van der Waals surface area contributed by atoms with Gasteiger partial charge in [-0.05, 0) is 0 Å². The minimum atomic E-state index is 0.140. The van der Waals surface area contributed by atoms with E-state index in [4.69, 9.17) is 11.6 Å². The molecule has 0 aliphatic rings. The molecule has 2 rings (SSSR count). The summed E-state index contributed by atoms with van der Waals surface area (Å²) in [6.45, 7) is 6.62. The fourth-order valence-corrected chi connectivity index (χ4v) is 3.50. The molecule has 0 saturated heterocycles. The van der Waals surface area contributed by atoms with E-state index in [9.17, 15) is 0 Å². The van der Waals surface area contributed by atoms with Gasteiger partial charge in [-0.1, -0.05) is 0 Å². The first-order valence-corrected chi connectivity index (χ1v) is 6.75. The summed E-state index contributed by atoms with van der Waals surface area (Å²) in [6.07, 6.45) is 0. The monoisotopic (exact) mass is 273 g/mol.